The molecule has 1 amide bonds. The van der Waals surface area contributed by atoms with Crippen LogP contribution in [0.25, 0.3) is 0 Å². The molecule has 9 heteroatoms. The molecular weight excluding hydrogens is 325 g/mol. The van der Waals surface area contributed by atoms with Gasteiger partial charge in [0.05, 0.1) is 13.2 Å². The van der Waals surface area contributed by atoms with Gasteiger partial charge in [0.1, 0.15) is 0 Å². The molecule has 1 fully saturated rings. The number of hydrogen-bond acceptors (Lipinski definition) is 4. The van der Waals surface area contributed by atoms with Crippen molar-refractivity contribution in [2.24, 2.45) is 0 Å². The van der Waals surface area contributed by atoms with E-state index >= 15 is 0 Å². The van der Waals surface area contributed by atoms with Gasteiger partial charge in [0.15, 0.2) is 5.69 Å². The third-order valence-corrected chi connectivity index (χ3v) is 3.90. The number of morpholine rings is 1. The zero-order valence-corrected chi connectivity index (χ0v) is 13.7. The molecule has 0 bridgehead atoms. The molecule has 0 spiro atoms. The van der Waals surface area contributed by atoms with Gasteiger partial charge in [-0.3, -0.25) is 14.4 Å². The summed E-state index contributed by atoms with van der Waals surface area (Å²) in [6.45, 7) is 6.45. The molecule has 0 unspecified atom stereocenters. The molecule has 6 nitrogen and oxygen atoms in total. The van der Waals surface area contributed by atoms with Crippen molar-refractivity contribution >= 4 is 5.91 Å². The Bertz CT molecular complexity index is 539. The average Bonchev–Trinajstić information content (AvgIpc) is 2.92. The number of halogens is 3. The highest BCUT2D eigenvalue weighted by molar-refractivity contribution is 5.75. The minimum absolute atomic E-state index is 0.109. The number of amides is 1. The van der Waals surface area contributed by atoms with E-state index in [0.717, 1.165) is 45.3 Å². The predicted molar refractivity (Wildman–Crippen MR) is 81.5 cm³/mol. The van der Waals surface area contributed by atoms with Gasteiger partial charge in [-0.15, -0.1) is 0 Å². The van der Waals surface area contributed by atoms with Crippen LogP contribution in [0.5, 0.6) is 0 Å². The van der Waals surface area contributed by atoms with Crippen LogP contribution in [-0.2, 0) is 22.3 Å². The zero-order valence-electron chi connectivity index (χ0n) is 13.7. The molecule has 0 aromatic carbocycles. The molecule has 1 aliphatic rings. The van der Waals surface area contributed by atoms with Crippen molar-refractivity contribution in [3.05, 3.63) is 17.5 Å². The van der Waals surface area contributed by atoms with Gasteiger partial charge in [-0.05, 0) is 26.0 Å². The van der Waals surface area contributed by atoms with Crippen LogP contribution >= 0.6 is 0 Å². The van der Waals surface area contributed by atoms with Gasteiger partial charge in [-0.25, -0.2) is 0 Å². The van der Waals surface area contributed by atoms with Gasteiger partial charge in [0.2, 0.25) is 5.91 Å². The minimum atomic E-state index is -4.46. The maximum absolute atomic E-state index is 12.6. The fourth-order valence-electron chi connectivity index (χ4n) is 2.53. The highest BCUT2D eigenvalue weighted by atomic mass is 19.4. The molecule has 1 aromatic rings. The van der Waals surface area contributed by atoms with E-state index in [9.17, 15) is 18.0 Å². The van der Waals surface area contributed by atoms with Gasteiger partial charge < -0.3 is 10.1 Å². The quantitative estimate of drug-likeness (QED) is 0.758. The first-order valence-electron chi connectivity index (χ1n) is 8.05. The number of hydrogen-bond donors (Lipinski definition) is 1. The van der Waals surface area contributed by atoms with Crippen molar-refractivity contribution in [3.8, 4) is 0 Å². The Hall–Kier alpha value is -1.61. The van der Waals surface area contributed by atoms with E-state index < -0.39 is 11.9 Å². The van der Waals surface area contributed by atoms with Crippen molar-refractivity contribution in [2.75, 3.05) is 39.4 Å². The Balaban J connectivity index is 1.65. The van der Waals surface area contributed by atoms with Crippen molar-refractivity contribution < 1.29 is 22.7 Å². The van der Waals surface area contributed by atoms with Gasteiger partial charge >= 0.3 is 6.18 Å². The number of alkyl halides is 3. The summed E-state index contributed by atoms with van der Waals surface area (Å²) < 4.78 is 44.2. The van der Waals surface area contributed by atoms with Crippen molar-refractivity contribution in [1.82, 2.24) is 20.0 Å². The molecule has 2 rings (SSSR count). The van der Waals surface area contributed by atoms with Crippen molar-refractivity contribution in [2.45, 2.75) is 32.5 Å². The maximum Gasteiger partial charge on any atom is 0.435 e. The fraction of sp³-hybridized carbons (Fsp3) is 0.733. The lowest BCUT2D eigenvalue weighted by Gasteiger charge is -2.26. The number of nitrogens with zero attached hydrogens (tertiary/aromatic N) is 3. The van der Waals surface area contributed by atoms with Gasteiger partial charge in [0, 0.05) is 38.3 Å². The number of nitrogens with one attached hydrogen (secondary N) is 1. The van der Waals surface area contributed by atoms with Crippen LogP contribution in [0.2, 0.25) is 0 Å². The van der Waals surface area contributed by atoms with E-state index in [1.165, 1.54) is 4.68 Å². The number of carbonyl (C=O) groups excluding carboxylic acids is 1. The lowest BCUT2D eigenvalue weighted by molar-refractivity contribution is -0.141. The summed E-state index contributed by atoms with van der Waals surface area (Å²) in [5.74, 6) is -0.180. The predicted octanol–water partition coefficient (Wildman–Crippen LogP) is 1.44. The van der Waals surface area contributed by atoms with Crippen LogP contribution in [0.4, 0.5) is 13.2 Å². The lowest BCUT2D eigenvalue weighted by atomic mass is 10.3. The smallest absolute Gasteiger partial charge is 0.379 e. The Morgan fingerprint density at radius 2 is 2.04 bits per heavy atom. The Morgan fingerprint density at radius 3 is 2.67 bits per heavy atom. The second-order valence-corrected chi connectivity index (χ2v) is 5.80. The third-order valence-electron chi connectivity index (χ3n) is 3.90. The van der Waals surface area contributed by atoms with E-state index in [4.69, 9.17) is 4.74 Å². The second kappa shape index (κ2) is 8.48. The molecule has 24 heavy (non-hydrogen) atoms. The highest BCUT2D eigenvalue weighted by Crippen LogP contribution is 2.28. The number of aromatic nitrogens is 2. The first-order valence-corrected chi connectivity index (χ1v) is 8.05. The van der Waals surface area contributed by atoms with Crippen LogP contribution in [-0.4, -0.2) is 60.0 Å². The second-order valence-electron chi connectivity index (χ2n) is 5.80. The Labute approximate surface area is 138 Å². The van der Waals surface area contributed by atoms with Crippen molar-refractivity contribution in [3.63, 3.8) is 0 Å². The molecule has 1 N–H and O–H groups in total. The summed E-state index contributed by atoms with van der Waals surface area (Å²) in [7, 11) is 0. The molecule has 2 heterocycles. The van der Waals surface area contributed by atoms with E-state index in [0.29, 0.717) is 12.2 Å². The molecule has 0 atom stereocenters. The molecule has 1 aliphatic heterocycles. The van der Waals surface area contributed by atoms with Crippen LogP contribution in [0.3, 0.4) is 0 Å². The van der Waals surface area contributed by atoms with Crippen LogP contribution < -0.4 is 5.32 Å². The average molecular weight is 348 g/mol. The Kier molecular flexibility index (Phi) is 6.61. The monoisotopic (exact) mass is 348 g/mol. The number of ether oxygens (including phenoxy) is 1. The largest absolute Gasteiger partial charge is 0.435 e. The summed E-state index contributed by atoms with van der Waals surface area (Å²) in [6.07, 6.45) is -3.51. The number of rotatable bonds is 7. The summed E-state index contributed by atoms with van der Waals surface area (Å²) in [5, 5.41) is 6.29. The molecule has 0 radical (unpaired) electrons. The summed E-state index contributed by atoms with van der Waals surface area (Å²) in [6, 6.07) is 0.986. The van der Waals surface area contributed by atoms with Crippen molar-refractivity contribution in [1.29, 1.82) is 0 Å². The van der Waals surface area contributed by atoms with Gasteiger partial charge in [0.25, 0.3) is 0 Å². The number of carbonyl (C=O) groups is 1. The standard InChI is InChI=1S/C15H23F3N4O2/c1-12-11-13(15(16,17)18)20-22(12)6-3-14(23)19-4-2-5-21-7-9-24-10-8-21/h11H,2-10H2,1H3,(H,19,23). The summed E-state index contributed by atoms with van der Waals surface area (Å²) in [4.78, 5) is 14.1. The normalized spacial score (nSPS) is 16.3. The summed E-state index contributed by atoms with van der Waals surface area (Å²) >= 11 is 0. The zero-order chi connectivity index (χ0) is 17.6. The Morgan fingerprint density at radius 1 is 1.33 bits per heavy atom. The minimum Gasteiger partial charge on any atom is -0.379 e. The molecule has 136 valence electrons. The topological polar surface area (TPSA) is 59.4 Å². The van der Waals surface area contributed by atoms with Crippen LogP contribution in [0, 0.1) is 6.92 Å². The van der Waals surface area contributed by atoms with Crippen LogP contribution in [0.1, 0.15) is 24.2 Å². The SMILES string of the molecule is Cc1cc(C(F)(F)F)nn1CCC(=O)NCCCN1CCOCC1. The van der Waals surface area contributed by atoms with E-state index in [2.05, 4.69) is 15.3 Å². The van der Waals surface area contributed by atoms with E-state index in [1.807, 2.05) is 0 Å². The first-order chi connectivity index (χ1) is 11.4. The van der Waals surface area contributed by atoms with E-state index in [1.54, 1.807) is 6.92 Å². The first kappa shape index (κ1) is 18.7. The molecular formula is C15H23F3N4O2. The van der Waals surface area contributed by atoms with Gasteiger partial charge in [-0.2, -0.15) is 18.3 Å². The lowest BCUT2D eigenvalue weighted by Crippen LogP contribution is -2.38. The third kappa shape index (κ3) is 5.79. The molecule has 1 aromatic heterocycles. The van der Waals surface area contributed by atoms with Gasteiger partial charge in [-0.1, -0.05) is 0 Å². The van der Waals surface area contributed by atoms with E-state index in [-0.39, 0.29) is 18.9 Å². The maximum atomic E-state index is 12.6. The number of aryl methyl sites for hydroxylation is 2. The summed E-state index contributed by atoms with van der Waals surface area (Å²) in [5.41, 5.74) is -0.534. The highest BCUT2D eigenvalue weighted by Gasteiger charge is 2.34. The van der Waals surface area contributed by atoms with Crippen LogP contribution in [0.15, 0.2) is 6.07 Å². The molecule has 1 saturated heterocycles. The fourth-order valence-corrected chi connectivity index (χ4v) is 2.53. The molecule has 0 saturated carbocycles. The molecule has 0 aliphatic carbocycles.